The van der Waals surface area contributed by atoms with Crippen molar-refractivity contribution in [1.29, 1.82) is 0 Å². The first-order valence-corrected chi connectivity index (χ1v) is 9.27. The number of para-hydroxylation sites is 2. The van der Waals surface area contributed by atoms with Crippen LogP contribution in [0.4, 0.5) is 17.1 Å². The lowest BCUT2D eigenvalue weighted by molar-refractivity contribution is -0.121. The molecule has 1 heterocycles. The molecule has 2 aromatic carbocycles. The average Bonchev–Trinajstić information content (AvgIpc) is 2.69. The Bertz CT molecular complexity index is 916. The smallest absolute Gasteiger partial charge is 0.265 e. The van der Waals surface area contributed by atoms with Crippen LogP contribution in [0.2, 0.25) is 5.02 Å². The molecule has 1 aliphatic rings. The first-order chi connectivity index (χ1) is 13.5. The number of carbonyl (C=O) groups excluding carboxylic acids is 3. The molecule has 2 N–H and O–H groups in total. The summed E-state index contributed by atoms with van der Waals surface area (Å²) in [5.41, 5.74) is 1.59. The van der Waals surface area contributed by atoms with Gasteiger partial charge in [0.25, 0.3) is 5.91 Å². The van der Waals surface area contributed by atoms with Crippen molar-refractivity contribution in [3.8, 4) is 5.75 Å². The Morgan fingerprint density at radius 3 is 2.71 bits per heavy atom. The van der Waals surface area contributed by atoms with E-state index in [4.69, 9.17) is 16.3 Å². The number of amides is 3. The number of nitrogens with zero attached hydrogens (tertiary/aromatic N) is 1. The van der Waals surface area contributed by atoms with Crippen molar-refractivity contribution in [2.24, 2.45) is 0 Å². The molecule has 28 heavy (non-hydrogen) atoms. The minimum atomic E-state index is -0.294. The highest BCUT2D eigenvalue weighted by atomic mass is 35.5. The van der Waals surface area contributed by atoms with Crippen LogP contribution in [0, 0.1) is 0 Å². The summed E-state index contributed by atoms with van der Waals surface area (Å²) in [6, 6.07) is 12.1. The van der Waals surface area contributed by atoms with Gasteiger partial charge in [-0.25, -0.2) is 0 Å². The third-order valence-electron chi connectivity index (χ3n) is 4.22. The van der Waals surface area contributed by atoms with Gasteiger partial charge in [0.1, 0.15) is 5.75 Å². The van der Waals surface area contributed by atoms with E-state index in [1.807, 2.05) is 12.1 Å². The van der Waals surface area contributed by atoms with Crippen molar-refractivity contribution in [3.05, 3.63) is 47.5 Å². The van der Waals surface area contributed by atoms with Crippen LogP contribution in [0.5, 0.6) is 5.75 Å². The van der Waals surface area contributed by atoms with Crippen LogP contribution in [0.3, 0.4) is 0 Å². The van der Waals surface area contributed by atoms with Crippen LogP contribution in [0.15, 0.2) is 42.5 Å². The number of hydrogen-bond donors (Lipinski definition) is 2. The van der Waals surface area contributed by atoms with Crippen molar-refractivity contribution in [1.82, 2.24) is 0 Å². The van der Waals surface area contributed by atoms with Gasteiger partial charge < -0.3 is 20.3 Å². The number of benzene rings is 2. The van der Waals surface area contributed by atoms with Crippen molar-refractivity contribution < 1.29 is 19.1 Å². The summed E-state index contributed by atoms with van der Waals surface area (Å²) in [5.74, 6) is -0.0135. The number of hydrogen-bond acceptors (Lipinski definition) is 4. The summed E-state index contributed by atoms with van der Waals surface area (Å²) in [6.45, 7) is 1.91. The molecule has 1 aliphatic heterocycles. The Morgan fingerprint density at radius 2 is 1.93 bits per heavy atom. The number of fused-ring (bicyclic) bond motifs is 1. The summed E-state index contributed by atoms with van der Waals surface area (Å²) in [7, 11) is 0. The van der Waals surface area contributed by atoms with E-state index in [1.165, 1.54) is 4.90 Å². The van der Waals surface area contributed by atoms with Crippen LogP contribution >= 0.6 is 11.6 Å². The lowest BCUT2D eigenvalue weighted by Gasteiger charge is -2.29. The molecule has 0 fully saturated rings. The summed E-state index contributed by atoms with van der Waals surface area (Å²) >= 11 is 6.14. The number of nitrogens with one attached hydrogen (secondary N) is 2. The van der Waals surface area contributed by atoms with E-state index in [-0.39, 0.29) is 37.3 Å². The number of carbonyl (C=O) groups is 3. The summed E-state index contributed by atoms with van der Waals surface area (Å²) in [5, 5.41) is 5.80. The van der Waals surface area contributed by atoms with E-state index in [9.17, 15) is 14.4 Å². The maximum Gasteiger partial charge on any atom is 0.265 e. The first kappa shape index (κ1) is 19.7. The molecule has 0 unspecified atom stereocenters. The van der Waals surface area contributed by atoms with Gasteiger partial charge in [-0.3, -0.25) is 14.4 Å². The number of rotatable bonds is 6. The van der Waals surface area contributed by atoms with Crippen LogP contribution in [0.25, 0.3) is 0 Å². The van der Waals surface area contributed by atoms with Crippen molar-refractivity contribution >= 4 is 46.4 Å². The second kappa shape index (κ2) is 8.75. The fourth-order valence-corrected chi connectivity index (χ4v) is 2.94. The van der Waals surface area contributed by atoms with E-state index in [2.05, 4.69) is 10.6 Å². The van der Waals surface area contributed by atoms with Crippen LogP contribution in [-0.4, -0.2) is 30.9 Å². The third-order valence-corrected chi connectivity index (χ3v) is 4.55. The van der Waals surface area contributed by atoms with Gasteiger partial charge in [-0.15, -0.1) is 0 Å². The van der Waals surface area contributed by atoms with Gasteiger partial charge in [-0.1, -0.05) is 30.7 Å². The molecular formula is C20H20ClN3O4. The van der Waals surface area contributed by atoms with Crippen LogP contribution in [-0.2, 0) is 14.4 Å². The Labute approximate surface area is 167 Å². The summed E-state index contributed by atoms with van der Waals surface area (Å²) in [6.07, 6.45) is 0.432. The van der Waals surface area contributed by atoms with Gasteiger partial charge in [0.05, 0.1) is 16.4 Å². The topological polar surface area (TPSA) is 87.7 Å². The molecule has 0 spiro atoms. The predicted molar refractivity (Wildman–Crippen MR) is 108 cm³/mol. The Kier molecular flexibility index (Phi) is 6.16. The Morgan fingerprint density at radius 1 is 1.14 bits per heavy atom. The molecule has 3 amide bonds. The standard InChI is InChI=1S/C20H20ClN3O4/c1-2-18(25)22-13-7-8-14(21)15(11-13)23-19(26)9-10-24-16-5-3-4-6-17(16)28-12-20(24)27/h3-8,11H,2,9-10,12H2,1H3,(H,22,25)(H,23,26). The molecular weight excluding hydrogens is 382 g/mol. The van der Waals surface area contributed by atoms with Crippen molar-refractivity contribution in [3.63, 3.8) is 0 Å². The van der Waals surface area contributed by atoms with E-state index in [0.29, 0.717) is 34.3 Å². The molecule has 2 aromatic rings. The molecule has 3 rings (SSSR count). The highest BCUT2D eigenvalue weighted by molar-refractivity contribution is 6.33. The molecule has 0 radical (unpaired) electrons. The van der Waals surface area contributed by atoms with Gasteiger partial charge in [-0.05, 0) is 30.3 Å². The lowest BCUT2D eigenvalue weighted by Crippen LogP contribution is -2.40. The monoisotopic (exact) mass is 401 g/mol. The van der Waals surface area contributed by atoms with Crippen molar-refractivity contribution in [2.75, 3.05) is 28.7 Å². The highest BCUT2D eigenvalue weighted by Gasteiger charge is 2.25. The van der Waals surface area contributed by atoms with Crippen molar-refractivity contribution in [2.45, 2.75) is 19.8 Å². The van der Waals surface area contributed by atoms with E-state index in [1.54, 1.807) is 37.3 Å². The molecule has 0 aromatic heterocycles. The zero-order chi connectivity index (χ0) is 20.1. The first-order valence-electron chi connectivity index (χ1n) is 8.89. The fraction of sp³-hybridized carbons (Fsp3) is 0.250. The SMILES string of the molecule is CCC(=O)Nc1ccc(Cl)c(NC(=O)CCN2C(=O)COc3ccccc32)c1. The summed E-state index contributed by atoms with van der Waals surface area (Å²) < 4.78 is 5.39. The maximum absolute atomic E-state index is 12.4. The van der Waals surface area contributed by atoms with Gasteiger partial charge in [0, 0.05) is 25.1 Å². The van der Waals surface area contributed by atoms with Gasteiger partial charge in [0.15, 0.2) is 6.61 Å². The molecule has 7 nitrogen and oxygen atoms in total. The minimum Gasteiger partial charge on any atom is -0.482 e. The minimum absolute atomic E-state index is 0.0520. The van der Waals surface area contributed by atoms with Gasteiger partial charge in [-0.2, -0.15) is 0 Å². The molecule has 0 saturated carbocycles. The molecule has 0 saturated heterocycles. The molecule has 146 valence electrons. The zero-order valence-corrected chi connectivity index (χ0v) is 16.1. The second-order valence-electron chi connectivity index (χ2n) is 6.20. The van der Waals surface area contributed by atoms with Gasteiger partial charge in [0.2, 0.25) is 11.8 Å². The Balaban J connectivity index is 1.64. The summed E-state index contributed by atoms with van der Waals surface area (Å²) in [4.78, 5) is 37.6. The molecule has 0 atom stereocenters. The lowest BCUT2D eigenvalue weighted by atomic mass is 10.2. The molecule has 0 bridgehead atoms. The number of halogens is 1. The normalized spacial score (nSPS) is 12.8. The highest BCUT2D eigenvalue weighted by Crippen LogP contribution is 2.31. The molecule has 0 aliphatic carbocycles. The zero-order valence-electron chi connectivity index (χ0n) is 15.3. The average molecular weight is 402 g/mol. The van der Waals surface area contributed by atoms with E-state index < -0.39 is 0 Å². The number of anilines is 3. The number of ether oxygens (including phenoxy) is 1. The van der Waals surface area contributed by atoms with Crippen LogP contribution in [0.1, 0.15) is 19.8 Å². The predicted octanol–water partition coefficient (Wildman–Crippen LogP) is 3.44. The largest absolute Gasteiger partial charge is 0.482 e. The van der Waals surface area contributed by atoms with Crippen LogP contribution < -0.4 is 20.3 Å². The quantitative estimate of drug-likeness (QED) is 0.776. The molecule has 8 heteroatoms. The third kappa shape index (κ3) is 4.61. The maximum atomic E-state index is 12.4. The van der Waals surface area contributed by atoms with Gasteiger partial charge >= 0.3 is 0 Å². The fourth-order valence-electron chi connectivity index (χ4n) is 2.77. The van der Waals surface area contributed by atoms with E-state index in [0.717, 1.165) is 0 Å². The van der Waals surface area contributed by atoms with E-state index >= 15 is 0 Å². The second-order valence-corrected chi connectivity index (χ2v) is 6.60. The Hall–Kier alpha value is -3.06.